The van der Waals surface area contributed by atoms with Gasteiger partial charge in [-0.2, -0.15) is 13.2 Å². The van der Waals surface area contributed by atoms with E-state index in [0.717, 1.165) is 16.3 Å². The van der Waals surface area contributed by atoms with E-state index in [1.807, 2.05) is 24.3 Å². The first kappa shape index (κ1) is 48.6. The molecule has 17 nitrogen and oxygen atoms in total. The average Bonchev–Trinajstić information content (AvgIpc) is 3.94. The van der Waals surface area contributed by atoms with Crippen LogP contribution in [0.4, 0.5) is 35.0 Å². The lowest BCUT2D eigenvalue weighted by Gasteiger charge is -2.38. The van der Waals surface area contributed by atoms with Gasteiger partial charge in [0.25, 0.3) is 5.91 Å². The molecule has 5 aliphatic rings. The molecule has 5 aromatic rings. The van der Waals surface area contributed by atoms with E-state index in [1.165, 1.54) is 27.4 Å². The highest BCUT2D eigenvalue weighted by atomic mass is 32.2. The van der Waals surface area contributed by atoms with Crippen molar-refractivity contribution in [2.24, 2.45) is 11.8 Å². The molecule has 3 atom stereocenters. The molecule has 2 bridgehead atoms. The van der Waals surface area contributed by atoms with Crippen LogP contribution in [0.25, 0.3) is 21.2 Å². The lowest BCUT2D eigenvalue weighted by atomic mass is 9.85. The summed E-state index contributed by atoms with van der Waals surface area (Å²) in [5, 5.41) is 29.1. The van der Waals surface area contributed by atoms with Gasteiger partial charge >= 0.3 is 24.1 Å². The summed E-state index contributed by atoms with van der Waals surface area (Å²) in [6.45, 7) is 0.130. The molecule has 5 amide bonds. The van der Waals surface area contributed by atoms with Crippen LogP contribution in [0.5, 0.6) is 5.75 Å². The minimum Gasteiger partial charge on any atom is -0.479 e. The van der Waals surface area contributed by atoms with Crippen LogP contribution in [0.1, 0.15) is 81.2 Å². The number of anilines is 3. The summed E-state index contributed by atoms with van der Waals surface area (Å²) in [6.07, 6.45) is -1.98. The predicted molar refractivity (Wildman–Crippen MR) is 259 cm³/mol. The van der Waals surface area contributed by atoms with E-state index in [2.05, 4.69) is 16.0 Å². The Morgan fingerprint density at radius 2 is 1.57 bits per heavy atom. The molecule has 5 heterocycles. The van der Waals surface area contributed by atoms with E-state index < -0.39 is 67.8 Å². The maximum absolute atomic E-state index is 14.4. The van der Waals surface area contributed by atoms with Crippen molar-refractivity contribution in [2.75, 3.05) is 48.3 Å². The van der Waals surface area contributed by atoms with E-state index >= 15 is 0 Å². The number of sulfonamides is 1. The van der Waals surface area contributed by atoms with E-state index in [9.17, 15) is 55.5 Å². The molecule has 22 heteroatoms. The van der Waals surface area contributed by atoms with Gasteiger partial charge in [0.05, 0.1) is 16.3 Å². The van der Waals surface area contributed by atoms with Gasteiger partial charge in [-0.15, -0.1) is 11.3 Å². The van der Waals surface area contributed by atoms with Crippen LogP contribution in [0.2, 0.25) is 0 Å². The van der Waals surface area contributed by atoms with Gasteiger partial charge < -0.3 is 30.5 Å². The number of carboxylic acid groups (broad SMARTS) is 2. The van der Waals surface area contributed by atoms with Gasteiger partial charge in [0.2, 0.25) is 21.8 Å². The molecule has 4 aromatic carbocycles. The normalized spacial score (nSPS) is 21.5. The van der Waals surface area contributed by atoms with Gasteiger partial charge in [0, 0.05) is 61.0 Å². The number of hydrogen-bond donors (Lipinski definition) is 5. The van der Waals surface area contributed by atoms with Gasteiger partial charge in [0.1, 0.15) is 11.6 Å². The zero-order valence-corrected chi connectivity index (χ0v) is 39.9. The number of aliphatic carboxylic acids is 1. The van der Waals surface area contributed by atoms with Crippen LogP contribution >= 0.6 is 11.3 Å². The Morgan fingerprint density at radius 3 is 2.26 bits per heavy atom. The molecule has 1 aliphatic carbocycles. The Labute approximate surface area is 414 Å². The summed E-state index contributed by atoms with van der Waals surface area (Å²) in [5.41, 5.74) is 2.19. The van der Waals surface area contributed by atoms with Crippen molar-refractivity contribution in [3.8, 4) is 16.2 Å². The monoisotopic (exact) mass is 1030 g/mol. The van der Waals surface area contributed by atoms with Crippen LogP contribution in [0.15, 0.2) is 78.9 Å². The van der Waals surface area contributed by atoms with Gasteiger partial charge in [-0.1, -0.05) is 42.5 Å². The summed E-state index contributed by atoms with van der Waals surface area (Å²) < 4.78 is 77.6. The number of ether oxygens (including phenoxy) is 1. The van der Waals surface area contributed by atoms with Crippen LogP contribution in [-0.2, 0) is 36.3 Å². The quantitative estimate of drug-likeness (QED) is 0.0719. The van der Waals surface area contributed by atoms with Crippen molar-refractivity contribution in [3.05, 3.63) is 106 Å². The highest BCUT2D eigenvalue weighted by Gasteiger charge is 2.47. The first-order chi connectivity index (χ1) is 34.3. The summed E-state index contributed by atoms with van der Waals surface area (Å²) in [6, 6.07) is 20.8. The number of carbonyl (C=O) groups excluding carboxylic acids is 4. The fourth-order valence-electron chi connectivity index (χ4n) is 11.1. The third kappa shape index (κ3) is 9.21. The van der Waals surface area contributed by atoms with Crippen LogP contribution < -0.4 is 25.6 Å². The number of halogens is 3. The molecule has 4 aliphatic heterocycles. The molecule has 0 radical (unpaired) electrons. The molecule has 3 unspecified atom stereocenters. The van der Waals surface area contributed by atoms with Crippen LogP contribution in [-0.4, -0.2) is 108 Å². The smallest absolute Gasteiger partial charge is 0.421 e. The zero-order valence-electron chi connectivity index (χ0n) is 38.2. The lowest BCUT2D eigenvalue weighted by molar-refractivity contribution is -0.143. The number of carbonyl (C=O) groups is 6. The molecule has 1 saturated carbocycles. The number of imide groups is 1. The fraction of sp³-hybridized carbons (Fsp3) is 0.360. The van der Waals surface area contributed by atoms with Gasteiger partial charge in [-0.25, -0.2) is 27.1 Å². The molecule has 3 saturated heterocycles. The Morgan fingerprint density at radius 1 is 0.861 bits per heavy atom. The summed E-state index contributed by atoms with van der Waals surface area (Å²) in [5.74, 6) is -5.97. The summed E-state index contributed by atoms with van der Waals surface area (Å²) in [4.78, 5) is 76.9. The number of fused-ring (bicyclic) bond motifs is 2. The highest BCUT2D eigenvalue weighted by molar-refractivity contribution is 7.88. The van der Waals surface area contributed by atoms with Crippen molar-refractivity contribution in [1.29, 1.82) is 0 Å². The first-order valence-corrected chi connectivity index (χ1v) is 25.8. The minimum atomic E-state index is -5.08. The lowest BCUT2D eigenvalue weighted by Crippen LogP contribution is -2.53. The molecule has 10 rings (SSSR count). The molecule has 0 spiro atoms. The molecular weight excluding hydrogens is 982 g/mol. The third-order valence-electron chi connectivity index (χ3n) is 14.4. The second kappa shape index (κ2) is 18.9. The maximum Gasteiger partial charge on any atom is 0.421 e. The molecule has 1 aromatic heterocycles. The fourth-order valence-corrected chi connectivity index (χ4v) is 13.9. The van der Waals surface area contributed by atoms with Gasteiger partial charge in [-0.05, 0) is 108 Å². The number of likely N-dealkylation sites (tertiary alicyclic amines) is 1. The Balaban J connectivity index is 0.759. The van der Waals surface area contributed by atoms with Gasteiger partial charge in [-0.3, -0.25) is 24.6 Å². The second-order valence-corrected chi connectivity index (χ2v) is 21.8. The number of carboxylic acids is 2. The number of nitrogens with one attached hydrogen (secondary N) is 3. The maximum atomic E-state index is 14.4. The van der Waals surface area contributed by atoms with Crippen LogP contribution in [0.3, 0.4) is 0 Å². The number of piperidine rings is 3. The number of aromatic carboxylic acids is 1. The standard InChI is InChI=1S/C50H47F3N6O11S2/c51-50(52,53)41-43(70-24-39(61)62)45(48(65)66)71-44(41)28-5-2-7-32(21-28)54-42-29-10-11-30(42)23-58(22-29)72(68,69)25-26-4-1-6-31(20-26)55-49(67)57-18-16-27(17-19-57)33-12-13-36-40-34(33)8-3-9-35(40)47(64)59(36)37-14-15-38(60)56-46(37)63/h1-9,12-13,20-21,27,29-30,37,42,54H,10-11,14-19,22-25H2,(H,55,67)(H,61,62)(H,65,66)(H,56,60,63). The average molecular weight is 1030 g/mol. The Bertz CT molecular complexity index is 3180. The van der Waals surface area contributed by atoms with E-state index in [4.69, 9.17) is 9.84 Å². The third-order valence-corrected chi connectivity index (χ3v) is 17.4. The second-order valence-electron chi connectivity index (χ2n) is 18.8. The number of alkyl halides is 3. The first-order valence-electron chi connectivity index (χ1n) is 23.4. The van der Waals surface area contributed by atoms with Crippen molar-refractivity contribution in [1.82, 2.24) is 14.5 Å². The number of amides is 5. The number of rotatable bonds is 13. The largest absolute Gasteiger partial charge is 0.479 e. The van der Waals surface area contributed by atoms with Crippen LogP contribution in [0, 0.1) is 11.8 Å². The van der Waals surface area contributed by atoms with Crippen molar-refractivity contribution in [2.45, 2.75) is 68.5 Å². The zero-order chi connectivity index (χ0) is 50.8. The number of thiophene rings is 1. The highest BCUT2D eigenvalue weighted by Crippen LogP contribution is 2.51. The van der Waals surface area contributed by atoms with E-state index in [1.54, 1.807) is 41.3 Å². The Hall–Kier alpha value is -7.04. The van der Waals surface area contributed by atoms with E-state index in [0.29, 0.717) is 78.3 Å². The van der Waals surface area contributed by atoms with Gasteiger partial charge in [0.15, 0.2) is 17.2 Å². The molecule has 5 N–H and O–H groups in total. The number of benzene rings is 4. The molecule has 376 valence electrons. The summed E-state index contributed by atoms with van der Waals surface area (Å²) >= 11 is 0.329. The molecular formula is C50H47F3N6O11S2. The Kier molecular flexibility index (Phi) is 12.7. The predicted octanol–water partition coefficient (Wildman–Crippen LogP) is 7.58. The topological polar surface area (TPSA) is 232 Å². The van der Waals surface area contributed by atoms with Crippen molar-refractivity contribution in [3.63, 3.8) is 0 Å². The number of urea groups is 1. The van der Waals surface area contributed by atoms with Crippen molar-refractivity contribution < 1.29 is 65.3 Å². The van der Waals surface area contributed by atoms with Crippen molar-refractivity contribution >= 4 is 84.9 Å². The minimum absolute atomic E-state index is 0.0360. The number of hydrogen-bond acceptors (Lipinski definition) is 11. The molecule has 72 heavy (non-hydrogen) atoms. The SMILES string of the molecule is O=C(O)COc1c(C(=O)O)sc(-c2cccc(NC3C4CCC3CN(S(=O)(=O)Cc3cccc(NC(=O)N5CCC(c6ccc7c8c(cccc68)C(=O)N7C6CCC(=O)NC6=O)CC5)c3)C4)c2)c1C(F)(F)F. The molecule has 4 fully saturated rings. The number of nitrogens with zero attached hydrogens (tertiary/aromatic N) is 3. The summed E-state index contributed by atoms with van der Waals surface area (Å²) in [7, 11) is -3.84. The van der Waals surface area contributed by atoms with E-state index in [-0.39, 0.29) is 78.9 Å².